The zero-order chi connectivity index (χ0) is 17.3. The van der Waals surface area contributed by atoms with Crippen molar-refractivity contribution in [1.82, 2.24) is 0 Å². The SMILES string of the molecule is CC(=CS(=O)(=O)O)C=C(C)N1c2ccccc2Sc2ccccc21. The van der Waals surface area contributed by atoms with Crippen LogP contribution < -0.4 is 4.90 Å². The van der Waals surface area contributed by atoms with Crippen LogP contribution in [0.15, 0.2) is 81.1 Å². The molecule has 2 aromatic rings. The maximum absolute atomic E-state index is 11.0. The van der Waals surface area contributed by atoms with Gasteiger partial charge >= 0.3 is 0 Å². The van der Waals surface area contributed by atoms with Gasteiger partial charge in [-0.15, -0.1) is 0 Å². The van der Waals surface area contributed by atoms with Crippen molar-refractivity contribution in [2.75, 3.05) is 4.90 Å². The second-order valence-electron chi connectivity index (χ2n) is 5.54. The van der Waals surface area contributed by atoms with Gasteiger partial charge in [-0.1, -0.05) is 36.0 Å². The first-order chi connectivity index (χ1) is 11.3. The van der Waals surface area contributed by atoms with Crippen LogP contribution in [0, 0.1) is 0 Å². The number of benzene rings is 2. The maximum Gasteiger partial charge on any atom is 0.287 e. The summed E-state index contributed by atoms with van der Waals surface area (Å²) in [5.74, 6) is 0. The maximum atomic E-state index is 11.0. The van der Waals surface area contributed by atoms with Gasteiger partial charge in [-0.05, 0) is 49.8 Å². The Kier molecular flexibility index (Phi) is 4.54. The highest BCUT2D eigenvalue weighted by Gasteiger charge is 2.23. The smallest absolute Gasteiger partial charge is 0.287 e. The lowest BCUT2D eigenvalue weighted by Crippen LogP contribution is -2.18. The predicted octanol–water partition coefficient (Wildman–Crippen LogP) is 4.98. The molecule has 0 radical (unpaired) electrons. The van der Waals surface area contributed by atoms with Gasteiger partial charge < -0.3 is 4.90 Å². The minimum absolute atomic E-state index is 0.461. The van der Waals surface area contributed by atoms with E-state index in [2.05, 4.69) is 17.0 Å². The van der Waals surface area contributed by atoms with E-state index in [0.717, 1.165) is 32.3 Å². The van der Waals surface area contributed by atoms with Crippen molar-refractivity contribution in [3.05, 3.63) is 71.3 Å². The Morgan fingerprint density at radius 2 is 1.50 bits per heavy atom. The third-order valence-electron chi connectivity index (χ3n) is 3.56. The highest BCUT2D eigenvalue weighted by Crippen LogP contribution is 2.49. The molecule has 0 fully saturated rings. The van der Waals surface area contributed by atoms with E-state index in [-0.39, 0.29) is 0 Å². The van der Waals surface area contributed by atoms with Gasteiger partial charge in [-0.3, -0.25) is 4.55 Å². The Bertz CT molecular complexity index is 901. The second kappa shape index (κ2) is 6.47. The van der Waals surface area contributed by atoms with Gasteiger partial charge in [0.1, 0.15) is 0 Å². The minimum Gasteiger partial charge on any atom is -0.312 e. The Balaban J connectivity index is 2.12. The summed E-state index contributed by atoms with van der Waals surface area (Å²) in [4.78, 5) is 4.38. The lowest BCUT2D eigenvalue weighted by atomic mass is 10.2. The molecule has 0 aliphatic carbocycles. The van der Waals surface area contributed by atoms with Crippen molar-refractivity contribution in [3.8, 4) is 0 Å². The van der Waals surface area contributed by atoms with E-state index < -0.39 is 10.1 Å². The van der Waals surface area contributed by atoms with Crippen molar-refractivity contribution in [1.29, 1.82) is 0 Å². The number of rotatable bonds is 3. The van der Waals surface area contributed by atoms with Crippen molar-refractivity contribution in [2.24, 2.45) is 0 Å². The fourth-order valence-corrected chi connectivity index (χ4v) is 4.34. The van der Waals surface area contributed by atoms with Crippen molar-refractivity contribution < 1.29 is 13.0 Å². The molecule has 3 rings (SSSR count). The fourth-order valence-electron chi connectivity index (χ4n) is 2.75. The van der Waals surface area contributed by atoms with E-state index in [1.807, 2.05) is 43.3 Å². The number of nitrogens with zero attached hydrogens (tertiary/aromatic N) is 1. The molecule has 1 aliphatic rings. The number of hydrogen-bond donors (Lipinski definition) is 1. The molecule has 0 saturated carbocycles. The van der Waals surface area contributed by atoms with Gasteiger partial charge in [0.2, 0.25) is 0 Å². The Morgan fingerprint density at radius 3 is 2.00 bits per heavy atom. The van der Waals surface area contributed by atoms with Crippen molar-refractivity contribution in [3.63, 3.8) is 0 Å². The third kappa shape index (κ3) is 3.56. The largest absolute Gasteiger partial charge is 0.312 e. The number of hydrogen-bond acceptors (Lipinski definition) is 4. The molecule has 0 spiro atoms. The van der Waals surface area contributed by atoms with Crippen LogP contribution in [-0.4, -0.2) is 13.0 Å². The van der Waals surface area contributed by atoms with E-state index in [1.165, 1.54) is 0 Å². The zero-order valence-corrected chi connectivity index (χ0v) is 14.9. The molecular weight excluding hydrogens is 342 g/mol. The summed E-state index contributed by atoms with van der Waals surface area (Å²) in [7, 11) is -4.15. The molecule has 124 valence electrons. The fraction of sp³-hybridized carbons (Fsp3) is 0.111. The molecule has 0 atom stereocenters. The van der Waals surface area contributed by atoms with Crippen LogP contribution in [0.4, 0.5) is 11.4 Å². The van der Waals surface area contributed by atoms with E-state index in [0.29, 0.717) is 5.57 Å². The summed E-state index contributed by atoms with van der Waals surface area (Å²) in [6.07, 6.45) is 1.75. The molecule has 2 aromatic carbocycles. The van der Waals surface area contributed by atoms with Crippen LogP contribution in [0.3, 0.4) is 0 Å². The molecule has 0 amide bonds. The molecule has 6 heteroatoms. The lowest BCUT2D eigenvalue weighted by molar-refractivity contribution is 0.494. The molecule has 24 heavy (non-hydrogen) atoms. The van der Waals surface area contributed by atoms with Crippen LogP contribution in [0.5, 0.6) is 0 Å². The predicted molar refractivity (Wildman–Crippen MR) is 98.2 cm³/mol. The Labute approximate surface area is 146 Å². The summed E-state index contributed by atoms with van der Waals surface area (Å²) in [6, 6.07) is 16.2. The molecular formula is C18H17NO3S2. The number of para-hydroxylation sites is 2. The first-order valence-electron chi connectivity index (χ1n) is 7.35. The molecule has 0 unspecified atom stereocenters. The van der Waals surface area contributed by atoms with Crippen LogP contribution in [-0.2, 0) is 10.1 Å². The van der Waals surface area contributed by atoms with Gasteiger partial charge in [0.05, 0.1) is 16.8 Å². The summed E-state index contributed by atoms with van der Waals surface area (Å²) in [5.41, 5.74) is 3.43. The van der Waals surface area contributed by atoms with Gasteiger partial charge in [0, 0.05) is 15.5 Å². The summed E-state index contributed by atoms with van der Waals surface area (Å²) in [5, 5.41) is 0.854. The Hall–Kier alpha value is -2.02. The zero-order valence-electron chi connectivity index (χ0n) is 13.3. The van der Waals surface area contributed by atoms with Gasteiger partial charge in [-0.25, -0.2) is 0 Å². The number of anilines is 2. The highest BCUT2D eigenvalue weighted by atomic mass is 32.2. The normalized spacial score (nSPS) is 15.0. The number of allylic oxidation sites excluding steroid dienone is 3. The first-order valence-corrected chi connectivity index (χ1v) is 9.67. The van der Waals surface area contributed by atoms with Crippen LogP contribution in [0.2, 0.25) is 0 Å². The average Bonchev–Trinajstić information content (AvgIpc) is 2.50. The topological polar surface area (TPSA) is 57.6 Å². The van der Waals surface area contributed by atoms with Gasteiger partial charge in [-0.2, -0.15) is 8.42 Å². The lowest BCUT2D eigenvalue weighted by Gasteiger charge is -2.33. The second-order valence-corrected chi connectivity index (χ2v) is 7.88. The molecule has 4 nitrogen and oxygen atoms in total. The van der Waals surface area contributed by atoms with Crippen LogP contribution >= 0.6 is 11.8 Å². The summed E-state index contributed by atoms with van der Waals surface area (Å²) < 4.78 is 31.0. The minimum atomic E-state index is -4.15. The quantitative estimate of drug-likeness (QED) is 0.618. The molecule has 1 N–H and O–H groups in total. The van der Waals surface area contributed by atoms with Crippen molar-refractivity contribution in [2.45, 2.75) is 23.6 Å². The van der Waals surface area contributed by atoms with Gasteiger partial charge in [0.15, 0.2) is 0 Å². The van der Waals surface area contributed by atoms with E-state index in [1.54, 1.807) is 24.8 Å². The van der Waals surface area contributed by atoms with E-state index in [9.17, 15) is 8.42 Å². The molecule has 0 saturated heterocycles. The Morgan fingerprint density at radius 1 is 1.00 bits per heavy atom. The first kappa shape index (κ1) is 16.8. The summed E-state index contributed by atoms with van der Waals surface area (Å²) in [6.45, 7) is 3.57. The third-order valence-corrected chi connectivity index (χ3v) is 5.36. The van der Waals surface area contributed by atoms with Gasteiger partial charge in [0.25, 0.3) is 10.1 Å². The van der Waals surface area contributed by atoms with Crippen LogP contribution in [0.1, 0.15) is 13.8 Å². The molecule has 1 aliphatic heterocycles. The molecule has 0 aromatic heterocycles. The summed E-state index contributed by atoms with van der Waals surface area (Å²) >= 11 is 1.71. The van der Waals surface area contributed by atoms with Crippen LogP contribution in [0.25, 0.3) is 0 Å². The standard InChI is InChI=1S/C18H17NO3S2/c1-13(12-24(20,21)22)11-14(2)19-15-7-3-5-9-17(15)23-18-10-6-4-8-16(18)19/h3-12H,1-2H3,(H,20,21,22). The monoisotopic (exact) mass is 359 g/mol. The highest BCUT2D eigenvalue weighted by molar-refractivity contribution is 7.99. The van der Waals surface area contributed by atoms with Crippen molar-refractivity contribution >= 4 is 33.3 Å². The molecule has 1 heterocycles. The number of fused-ring (bicyclic) bond motifs is 2. The van der Waals surface area contributed by atoms with E-state index >= 15 is 0 Å². The molecule has 0 bridgehead atoms. The van der Waals surface area contributed by atoms with E-state index in [4.69, 9.17) is 4.55 Å². The average molecular weight is 359 g/mol.